The van der Waals surface area contributed by atoms with E-state index in [1.165, 1.54) is 0 Å². The van der Waals surface area contributed by atoms with Crippen molar-refractivity contribution in [2.75, 3.05) is 18.9 Å². The van der Waals surface area contributed by atoms with Crippen molar-refractivity contribution in [2.24, 2.45) is 0 Å². The first-order valence-electron chi connectivity index (χ1n) is 6.12. The highest BCUT2D eigenvalue weighted by molar-refractivity contribution is 5.40. The third-order valence-electron chi connectivity index (χ3n) is 2.32. The quantitative estimate of drug-likeness (QED) is 0.499. The highest BCUT2D eigenvalue weighted by atomic mass is 16.3. The number of para-hydroxylation sites is 1. The van der Waals surface area contributed by atoms with Crippen molar-refractivity contribution in [1.82, 2.24) is 5.32 Å². The molecule has 0 saturated heterocycles. The molecule has 0 aliphatic rings. The molecule has 19 heavy (non-hydrogen) atoms. The van der Waals surface area contributed by atoms with E-state index in [-0.39, 0.29) is 6.61 Å². The molecule has 0 saturated carbocycles. The maximum atomic E-state index is 8.63. The predicted octanol–water partition coefficient (Wildman–Crippen LogP) is 1.74. The summed E-state index contributed by atoms with van der Waals surface area (Å²) in [5, 5.41) is 20.2. The molecule has 0 aliphatic heterocycles. The Morgan fingerprint density at radius 1 is 1.00 bits per heavy atom. The van der Waals surface area contributed by atoms with Gasteiger partial charge in [-0.25, -0.2) is 0 Å². The molecule has 4 heteroatoms. The van der Waals surface area contributed by atoms with Gasteiger partial charge in [0.1, 0.15) is 5.75 Å². The Morgan fingerprint density at radius 3 is 2.26 bits per heavy atom. The highest BCUT2D eigenvalue weighted by Gasteiger charge is 1.91. The third kappa shape index (κ3) is 7.08. The zero-order chi connectivity index (χ0) is 13.9. The summed E-state index contributed by atoms with van der Waals surface area (Å²) in [5.74, 6) is 0.322. The van der Waals surface area contributed by atoms with Crippen molar-refractivity contribution >= 4 is 5.69 Å². The molecule has 0 unspecified atom stereocenters. The Labute approximate surface area is 113 Å². The second kappa shape index (κ2) is 8.97. The maximum Gasteiger partial charge on any atom is 0.115 e. The number of nitrogens with two attached hydrogens (primary N) is 1. The molecule has 0 atom stereocenters. The number of phenols is 1. The lowest BCUT2D eigenvalue weighted by atomic mass is 10.2. The molecule has 0 aromatic heterocycles. The first kappa shape index (κ1) is 15.0. The minimum Gasteiger partial charge on any atom is -0.508 e. The summed E-state index contributed by atoms with van der Waals surface area (Å²) in [6.45, 7) is 1.54. The van der Waals surface area contributed by atoms with Gasteiger partial charge >= 0.3 is 0 Å². The smallest absolute Gasteiger partial charge is 0.115 e. The Hall–Kier alpha value is -2.04. The van der Waals surface area contributed by atoms with Crippen LogP contribution >= 0.6 is 0 Å². The number of rotatable bonds is 4. The van der Waals surface area contributed by atoms with Gasteiger partial charge in [-0.2, -0.15) is 0 Å². The average molecular weight is 260 g/mol. The second-order valence-corrected chi connectivity index (χ2v) is 3.98. The van der Waals surface area contributed by atoms with Crippen LogP contribution in [0.4, 0.5) is 5.69 Å². The topological polar surface area (TPSA) is 78.5 Å². The number of hydrogen-bond donors (Lipinski definition) is 4. The van der Waals surface area contributed by atoms with Crippen LogP contribution in [0.2, 0.25) is 0 Å². The normalized spacial score (nSPS) is 9.53. The van der Waals surface area contributed by atoms with Crippen LogP contribution in [-0.4, -0.2) is 23.4 Å². The van der Waals surface area contributed by atoms with E-state index in [4.69, 9.17) is 15.9 Å². The van der Waals surface area contributed by atoms with Gasteiger partial charge < -0.3 is 21.3 Å². The Balaban J connectivity index is 0.000000218. The molecule has 2 rings (SSSR count). The molecule has 0 radical (unpaired) electrons. The molecule has 2 aromatic rings. The number of benzene rings is 2. The molecule has 0 amide bonds. The minimum absolute atomic E-state index is 0.169. The van der Waals surface area contributed by atoms with Gasteiger partial charge in [-0.1, -0.05) is 30.3 Å². The summed E-state index contributed by atoms with van der Waals surface area (Å²) in [5.41, 5.74) is 7.50. The van der Waals surface area contributed by atoms with Gasteiger partial charge in [0.25, 0.3) is 0 Å². The van der Waals surface area contributed by atoms with Gasteiger partial charge in [-0.3, -0.25) is 0 Å². The molecule has 0 heterocycles. The Kier molecular flexibility index (Phi) is 7.09. The molecule has 5 N–H and O–H groups in total. The Morgan fingerprint density at radius 2 is 1.74 bits per heavy atom. The van der Waals surface area contributed by atoms with Crippen molar-refractivity contribution in [3.05, 3.63) is 60.2 Å². The summed E-state index contributed by atoms with van der Waals surface area (Å²) < 4.78 is 0. The number of aliphatic hydroxyl groups is 1. The fraction of sp³-hybridized carbons (Fsp3) is 0.200. The number of aromatic hydroxyl groups is 1. The summed E-state index contributed by atoms with van der Waals surface area (Å²) in [4.78, 5) is 0. The number of aliphatic hydroxyl groups excluding tert-OH is 1. The lowest BCUT2D eigenvalue weighted by Crippen LogP contribution is -2.17. The molecule has 0 fully saturated rings. The zero-order valence-electron chi connectivity index (χ0n) is 10.8. The van der Waals surface area contributed by atoms with Crippen molar-refractivity contribution < 1.29 is 10.2 Å². The van der Waals surface area contributed by atoms with Crippen LogP contribution in [0, 0.1) is 0 Å². The van der Waals surface area contributed by atoms with E-state index in [9.17, 15) is 0 Å². The SMILES string of the molecule is Nc1cccc(CNCCO)c1.Oc1ccccc1. The van der Waals surface area contributed by atoms with Gasteiger partial charge in [0.15, 0.2) is 0 Å². The molecule has 4 nitrogen and oxygen atoms in total. The number of hydrogen-bond acceptors (Lipinski definition) is 4. The van der Waals surface area contributed by atoms with Crippen molar-refractivity contribution in [3.63, 3.8) is 0 Å². The van der Waals surface area contributed by atoms with E-state index in [0.29, 0.717) is 12.3 Å². The summed E-state index contributed by atoms with van der Waals surface area (Å²) in [6, 6.07) is 16.4. The molecule has 0 spiro atoms. The lowest BCUT2D eigenvalue weighted by Gasteiger charge is -2.03. The summed E-state index contributed by atoms with van der Waals surface area (Å²) in [7, 11) is 0. The molecule has 102 valence electrons. The van der Waals surface area contributed by atoms with E-state index in [1.54, 1.807) is 24.3 Å². The first-order valence-corrected chi connectivity index (χ1v) is 6.12. The molecule has 0 bridgehead atoms. The van der Waals surface area contributed by atoms with E-state index in [2.05, 4.69) is 5.32 Å². The lowest BCUT2D eigenvalue weighted by molar-refractivity contribution is 0.292. The standard InChI is InChI=1S/C9H14N2O.C6H6O/c10-9-3-1-2-8(6-9)7-11-4-5-12;7-6-4-2-1-3-5-6/h1-3,6,11-12H,4-5,7,10H2;1-5,7H. The molecule has 2 aromatic carbocycles. The van der Waals surface area contributed by atoms with E-state index < -0.39 is 0 Å². The fourth-order valence-corrected chi connectivity index (χ4v) is 1.44. The molecular weight excluding hydrogens is 240 g/mol. The fourth-order valence-electron chi connectivity index (χ4n) is 1.44. The monoisotopic (exact) mass is 260 g/mol. The van der Waals surface area contributed by atoms with Crippen molar-refractivity contribution in [1.29, 1.82) is 0 Å². The predicted molar refractivity (Wildman–Crippen MR) is 77.8 cm³/mol. The molecular formula is C15H20N2O2. The van der Waals surface area contributed by atoms with Gasteiger partial charge in [-0.15, -0.1) is 0 Å². The van der Waals surface area contributed by atoms with Crippen LogP contribution in [-0.2, 0) is 6.54 Å². The van der Waals surface area contributed by atoms with Gasteiger partial charge in [0.05, 0.1) is 6.61 Å². The average Bonchev–Trinajstić information content (AvgIpc) is 2.41. The largest absolute Gasteiger partial charge is 0.508 e. The van der Waals surface area contributed by atoms with Crippen molar-refractivity contribution in [3.8, 4) is 5.75 Å². The maximum absolute atomic E-state index is 8.63. The summed E-state index contributed by atoms with van der Waals surface area (Å²) in [6.07, 6.45) is 0. The van der Waals surface area contributed by atoms with Gasteiger partial charge in [0.2, 0.25) is 0 Å². The highest BCUT2D eigenvalue weighted by Crippen LogP contribution is 2.05. The van der Waals surface area contributed by atoms with E-state index >= 15 is 0 Å². The number of nitrogens with one attached hydrogen (secondary N) is 1. The minimum atomic E-state index is 0.169. The van der Waals surface area contributed by atoms with Crippen LogP contribution in [0.1, 0.15) is 5.56 Å². The number of phenolic OH excluding ortho intramolecular Hbond substituents is 1. The zero-order valence-corrected chi connectivity index (χ0v) is 10.8. The second-order valence-electron chi connectivity index (χ2n) is 3.98. The van der Waals surface area contributed by atoms with E-state index in [0.717, 1.165) is 17.8 Å². The van der Waals surface area contributed by atoms with Crippen LogP contribution in [0.3, 0.4) is 0 Å². The third-order valence-corrected chi connectivity index (χ3v) is 2.32. The van der Waals surface area contributed by atoms with Crippen LogP contribution in [0.5, 0.6) is 5.75 Å². The summed E-state index contributed by atoms with van der Waals surface area (Å²) >= 11 is 0. The van der Waals surface area contributed by atoms with Gasteiger partial charge in [-0.05, 0) is 29.8 Å². The van der Waals surface area contributed by atoms with Gasteiger partial charge in [0, 0.05) is 18.8 Å². The number of nitrogen functional groups attached to an aromatic ring is 1. The first-order chi connectivity index (χ1) is 9.22. The van der Waals surface area contributed by atoms with Crippen molar-refractivity contribution in [2.45, 2.75) is 6.54 Å². The van der Waals surface area contributed by atoms with Crippen LogP contribution in [0.15, 0.2) is 54.6 Å². The Bertz CT molecular complexity index is 461. The van der Waals surface area contributed by atoms with Crippen LogP contribution < -0.4 is 11.1 Å². The number of anilines is 1. The molecule has 0 aliphatic carbocycles. The van der Waals surface area contributed by atoms with Crippen LogP contribution in [0.25, 0.3) is 0 Å². The van der Waals surface area contributed by atoms with E-state index in [1.807, 2.05) is 30.3 Å².